The molecule has 6 nitrogen and oxygen atoms in total. The highest BCUT2D eigenvalue weighted by Gasteiger charge is 2.43. The summed E-state index contributed by atoms with van der Waals surface area (Å²) in [6.45, 7) is 4.18. The molecule has 6 heteroatoms. The second kappa shape index (κ2) is 7.04. The van der Waals surface area contributed by atoms with Gasteiger partial charge in [-0.1, -0.05) is 24.3 Å². The van der Waals surface area contributed by atoms with E-state index in [0.717, 1.165) is 49.6 Å². The molecule has 0 bridgehead atoms. The minimum Gasteiger partial charge on any atom is -0.381 e. The maximum atomic E-state index is 5.74. The minimum atomic E-state index is 0.238. The minimum absolute atomic E-state index is 0.238. The fourth-order valence-electron chi connectivity index (χ4n) is 6.14. The Morgan fingerprint density at radius 3 is 2.71 bits per heavy atom. The van der Waals surface area contributed by atoms with Crippen molar-refractivity contribution in [1.29, 1.82) is 0 Å². The number of aromatic nitrogens is 3. The summed E-state index contributed by atoms with van der Waals surface area (Å²) >= 11 is 0. The van der Waals surface area contributed by atoms with E-state index in [1.54, 1.807) is 6.33 Å². The number of fused-ring (bicyclic) bond motifs is 3. The lowest BCUT2D eigenvalue weighted by Crippen LogP contribution is -2.44. The van der Waals surface area contributed by atoms with Gasteiger partial charge < -0.3 is 15.0 Å². The molecule has 2 aliphatic heterocycles. The fourth-order valence-corrected chi connectivity index (χ4v) is 6.14. The van der Waals surface area contributed by atoms with E-state index in [0.29, 0.717) is 23.8 Å². The van der Waals surface area contributed by atoms with Crippen LogP contribution in [0.1, 0.15) is 48.0 Å². The molecule has 4 aliphatic rings. The van der Waals surface area contributed by atoms with Gasteiger partial charge >= 0.3 is 0 Å². The number of anilines is 1. The second-order valence-electron chi connectivity index (χ2n) is 9.92. The predicted molar refractivity (Wildman–Crippen MR) is 120 cm³/mol. The van der Waals surface area contributed by atoms with Crippen LogP contribution < -0.4 is 5.32 Å². The van der Waals surface area contributed by atoms with Gasteiger partial charge in [-0.15, -0.1) is 0 Å². The fraction of sp³-hybridized carbons (Fsp3) is 0.520. The number of benzene rings is 1. The molecule has 3 fully saturated rings. The number of nitrogens with one attached hydrogen (secondary N) is 2. The van der Waals surface area contributed by atoms with Gasteiger partial charge in [-0.2, -0.15) is 0 Å². The zero-order chi connectivity index (χ0) is 20.4. The standard InChI is InChI=1S/C25H29N5O/c1-2-4-19-15(3-1)7-8-22(30-10-17-12-31-13-18(17)11-30)23(19)29-25-20-9-21(16-5-6-16)28-24(20)26-14-27-25/h1-4,9,14,16-18,22-23H,5-8,10-13H2,(H2,26,27,28,29)/t17?,18?,22-,23-/m0/s1. The van der Waals surface area contributed by atoms with Gasteiger partial charge in [-0.3, -0.25) is 4.90 Å². The summed E-state index contributed by atoms with van der Waals surface area (Å²) in [5, 5.41) is 5.02. The Morgan fingerprint density at radius 1 is 1.03 bits per heavy atom. The summed E-state index contributed by atoms with van der Waals surface area (Å²) < 4.78 is 5.74. The molecule has 0 amide bonds. The number of hydrogen-bond donors (Lipinski definition) is 2. The monoisotopic (exact) mass is 415 g/mol. The highest BCUT2D eigenvalue weighted by Crippen LogP contribution is 2.43. The summed E-state index contributed by atoms with van der Waals surface area (Å²) in [7, 11) is 0. The van der Waals surface area contributed by atoms with Gasteiger partial charge in [0.05, 0.1) is 24.6 Å². The Morgan fingerprint density at radius 2 is 1.87 bits per heavy atom. The first-order valence-electron chi connectivity index (χ1n) is 11.8. The molecule has 1 saturated carbocycles. The molecule has 2 unspecified atom stereocenters. The molecular weight excluding hydrogens is 386 g/mol. The molecule has 2 saturated heterocycles. The van der Waals surface area contributed by atoms with E-state index < -0.39 is 0 Å². The Hall–Kier alpha value is -2.44. The molecule has 4 atom stereocenters. The molecule has 2 N–H and O–H groups in total. The summed E-state index contributed by atoms with van der Waals surface area (Å²) in [6.07, 6.45) is 6.59. The Kier molecular flexibility index (Phi) is 4.12. The number of hydrogen-bond acceptors (Lipinski definition) is 5. The average molecular weight is 416 g/mol. The van der Waals surface area contributed by atoms with Crippen molar-refractivity contribution in [2.45, 2.75) is 43.7 Å². The van der Waals surface area contributed by atoms with E-state index >= 15 is 0 Å². The molecule has 0 spiro atoms. The van der Waals surface area contributed by atoms with Crippen LogP contribution in [0.3, 0.4) is 0 Å². The summed E-state index contributed by atoms with van der Waals surface area (Å²) in [6, 6.07) is 11.9. The van der Waals surface area contributed by atoms with E-state index in [2.05, 4.69) is 50.5 Å². The average Bonchev–Trinajstić information content (AvgIpc) is 3.20. The predicted octanol–water partition coefficient (Wildman–Crippen LogP) is 3.88. The van der Waals surface area contributed by atoms with Crippen LogP contribution >= 0.6 is 0 Å². The topological polar surface area (TPSA) is 66.1 Å². The first kappa shape index (κ1) is 18.2. The number of nitrogens with zero attached hydrogens (tertiary/aromatic N) is 3. The lowest BCUT2D eigenvalue weighted by Gasteiger charge is -2.40. The van der Waals surface area contributed by atoms with Crippen LogP contribution in [0.15, 0.2) is 36.7 Å². The molecule has 31 heavy (non-hydrogen) atoms. The van der Waals surface area contributed by atoms with Gasteiger partial charge in [0.15, 0.2) is 0 Å². The lowest BCUT2D eigenvalue weighted by molar-refractivity contribution is 0.127. The molecule has 0 radical (unpaired) electrons. The third kappa shape index (κ3) is 3.07. The molecule has 2 aromatic heterocycles. The van der Waals surface area contributed by atoms with Crippen molar-refractivity contribution >= 4 is 16.9 Å². The number of H-pyrrole nitrogens is 1. The number of aryl methyl sites for hydroxylation is 1. The normalized spacial score (nSPS) is 30.5. The largest absolute Gasteiger partial charge is 0.381 e. The van der Waals surface area contributed by atoms with E-state index in [1.165, 1.54) is 36.1 Å². The van der Waals surface area contributed by atoms with Gasteiger partial charge in [-0.05, 0) is 48.8 Å². The number of rotatable bonds is 4. The van der Waals surface area contributed by atoms with E-state index in [4.69, 9.17) is 9.72 Å². The van der Waals surface area contributed by atoms with Crippen molar-refractivity contribution in [2.75, 3.05) is 31.6 Å². The number of ether oxygens (including phenoxy) is 1. The zero-order valence-corrected chi connectivity index (χ0v) is 17.8. The Bertz CT molecular complexity index is 1110. The van der Waals surface area contributed by atoms with Crippen LogP contribution in [0, 0.1) is 11.8 Å². The number of likely N-dealkylation sites (tertiary alicyclic amines) is 1. The van der Waals surface area contributed by atoms with Crippen molar-refractivity contribution in [3.8, 4) is 0 Å². The quantitative estimate of drug-likeness (QED) is 0.677. The van der Waals surface area contributed by atoms with Gasteiger partial charge in [0.2, 0.25) is 0 Å². The first-order chi connectivity index (χ1) is 15.3. The Balaban J connectivity index is 1.25. The summed E-state index contributed by atoms with van der Waals surface area (Å²) in [5.74, 6) is 3.04. The SMILES string of the molecule is c1ccc2c(c1)CC[C@H](N1CC3COCC3C1)[C@H]2Nc1ncnc2[nH]c(C3CC3)cc12. The second-order valence-corrected chi connectivity index (χ2v) is 9.92. The Labute approximate surface area is 182 Å². The van der Waals surface area contributed by atoms with E-state index in [1.807, 2.05) is 0 Å². The maximum Gasteiger partial charge on any atom is 0.143 e. The molecule has 7 rings (SSSR count). The third-order valence-corrected chi connectivity index (χ3v) is 7.98. The zero-order valence-electron chi connectivity index (χ0n) is 17.8. The van der Waals surface area contributed by atoms with Crippen molar-refractivity contribution in [3.63, 3.8) is 0 Å². The maximum absolute atomic E-state index is 5.74. The molecule has 2 aliphatic carbocycles. The van der Waals surface area contributed by atoms with E-state index in [-0.39, 0.29) is 6.04 Å². The van der Waals surface area contributed by atoms with Crippen molar-refractivity contribution in [2.24, 2.45) is 11.8 Å². The summed E-state index contributed by atoms with van der Waals surface area (Å²) in [4.78, 5) is 15.5. The molecule has 1 aromatic carbocycles. The van der Waals surface area contributed by atoms with Crippen molar-refractivity contribution in [3.05, 3.63) is 53.5 Å². The van der Waals surface area contributed by atoms with Crippen molar-refractivity contribution in [1.82, 2.24) is 19.9 Å². The molecule has 3 aromatic rings. The van der Waals surface area contributed by atoms with Gasteiger partial charge in [0.25, 0.3) is 0 Å². The summed E-state index contributed by atoms with van der Waals surface area (Å²) in [5.41, 5.74) is 5.16. The smallest absolute Gasteiger partial charge is 0.143 e. The van der Waals surface area contributed by atoms with Gasteiger partial charge in [0, 0.05) is 36.7 Å². The van der Waals surface area contributed by atoms with Gasteiger partial charge in [0.1, 0.15) is 17.8 Å². The van der Waals surface area contributed by atoms with Crippen molar-refractivity contribution < 1.29 is 4.74 Å². The highest BCUT2D eigenvalue weighted by atomic mass is 16.5. The van der Waals surface area contributed by atoms with Gasteiger partial charge in [-0.25, -0.2) is 9.97 Å². The van der Waals surface area contributed by atoms with Crippen LogP contribution in [0.4, 0.5) is 5.82 Å². The van der Waals surface area contributed by atoms with Crippen LogP contribution in [0.2, 0.25) is 0 Å². The van der Waals surface area contributed by atoms with Crippen LogP contribution in [-0.4, -0.2) is 52.2 Å². The van der Waals surface area contributed by atoms with Crippen LogP contribution in [0.25, 0.3) is 11.0 Å². The molecule has 160 valence electrons. The lowest BCUT2D eigenvalue weighted by atomic mass is 9.83. The first-order valence-corrected chi connectivity index (χ1v) is 11.8. The molecular formula is C25H29N5O. The van der Waals surface area contributed by atoms with Crippen LogP contribution in [-0.2, 0) is 11.2 Å². The molecule has 4 heterocycles. The number of aromatic amines is 1. The highest BCUT2D eigenvalue weighted by molar-refractivity contribution is 5.88. The third-order valence-electron chi connectivity index (χ3n) is 7.98. The van der Waals surface area contributed by atoms with E-state index in [9.17, 15) is 0 Å². The van der Waals surface area contributed by atoms with Crippen LogP contribution in [0.5, 0.6) is 0 Å².